The molecule has 0 aromatic carbocycles. The highest BCUT2D eigenvalue weighted by Gasteiger charge is 2.68. The molecule has 4 fully saturated rings. The van der Waals surface area contributed by atoms with E-state index in [2.05, 4.69) is 0 Å². The van der Waals surface area contributed by atoms with Crippen LogP contribution in [0.25, 0.3) is 0 Å². The zero-order valence-electron chi connectivity index (χ0n) is 9.81. The van der Waals surface area contributed by atoms with E-state index in [9.17, 15) is 4.79 Å². The Balaban J connectivity index is 1.59. The van der Waals surface area contributed by atoms with Gasteiger partial charge in [0, 0.05) is 18.8 Å². The number of hydrogen-bond donors (Lipinski definition) is 0. The molecule has 5 nitrogen and oxygen atoms in total. The van der Waals surface area contributed by atoms with Crippen molar-refractivity contribution in [2.75, 3.05) is 19.8 Å². The SMILES string of the molecule is C[C@@]12O[C@@H]1C(=O)C[C@H]1CC3(OCCO3)OC[C@@H]12. The van der Waals surface area contributed by atoms with Crippen molar-refractivity contribution >= 4 is 5.78 Å². The molecule has 0 aromatic heterocycles. The van der Waals surface area contributed by atoms with Crippen LogP contribution >= 0.6 is 0 Å². The van der Waals surface area contributed by atoms with Gasteiger partial charge in [0.25, 0.3) is 5.97 Å². The molecular formula is C12H16O5. The highest BCUT2D eigenvalue weighted by molar-refractivity contribution is 5.88. The second-order valence-corrected chi connectivity index (χ2v) is 5.61. The van der Waals surface area contributed by atoms with Gasteiger partial charge in [-0.15, -0.1) is 0 Å². The van der Waals surface area contributed by atoms with Crippen LogP contribution in [0.5, 0.6) is 0 Å². The molecule has 1 aliphatic carbocycles. The zero-order chi connectivity index (χ0) is 11.7. The van der Waals surface area contributed by atoms with Gasteiger partial charge < -0.3 is 18.9 Å². The molecular weight excluding hydrogens is 224 g/mol. The summed E-state index contributed by atoms with van der Waals surface area (Å²) in [4.78, 5) is 11.9. The van der Waals surface area contributed by atoms with Crippen LogP contribution in [0, 0.1) is 11.8 Å². The van der Waals surface area contributed by atoms with Gasteiger partial charge in [-0.25, -0.2) is 0 Å². The van der Waals surface area contributed by atoms with E-state index in [1.54, 1.807) is 0 Å². The summed E-state index contributed by atoms with van der Waals surface area (Å²) < 4.78 is 22.4. The van der Waals surface area contributed by atoms with Crippen LogP contribution in [0.15, 0.2) is 0 Å². The van der Waals surface area contributed by atoms with E-state index in [1.807, 2.05) is 6.92 Å². The average molecular weight is 240 g/mol. The van der Waals surface area contributed by atoms with Gasteiger partial charge >= 0.3 is 0 Å². The third-order valence-electron chi connectivity index (χ3n) is 4.62. The van der Waals surface area contributed by atoms with E-state index in [0.29, 0.717) is 38.6 Å². The molecule has 0 amide bonds. The lowest BCUT2D eigenvalue weighted by Crippen LogP contribution is -2.52. The third-order valence-corrected chi connectivity index (χ3v) is 4.62. The standard InChI is InChI=1S/C12H16O5/c1-11-8-6-16-12(14-2-3-15-12)5-7(8)4-9(13)10(11)17-11/h7-8,10H,2-6H2,1H3/t7-,8-,10+,11-/m0/s1. The van der Waals surface area contributed by atoms with Crippen molar-refractivity contribution in [3.8, 4) is 0 Å². The Morgan fingerprint density at radius 1 is 1.24 bits per heavy atom. The number of Topliss-reactive ketones (excluding diaryl/α,β-unsaturated/α-hetero) is 1. The van der Waals surface area contributed by atoms with Crippen LogP contribution < -0.4 is 0 Å². The summed E-state index contributed by atoms with van der Waals surface area (Å²) in [5.41, 5.74) is -0.291. The van der Waals surface area contributed by atoms with Crippen LogP contribution in [0.3, 0.4) is 0 Å². The van der Waals surface area contributed by atoms with Crippen molar-refractivity contribution in [1.29, 1.82) is 0 Å². The van der Waals surface area contributed by atoms with Crippen molar-refractivity contribution in [2.24, 2.45) is 11.8 Å². The van der Waals surface area contributed by atoms with Gasteiger partial charge in [-0.2, -0.15) is 0 Å². The van der Waals surface area contributed by atoms with E-state index < -0.39 is 5.97 Å². The summed E-state index contributed by atoms with van der Waals surface area (Å²) in [6.07, 6.45) is 1.03. The van der Waals surface area contributed by atoms with Gasteiger partial charge in [0.2, 0.25) is 0 Å². The Morgan fingerprint density at radius 3 is 2.76 bits per heavy atom. The molecule has 3 aliphatic heterocycles. The lowest BCUT2D eigenvalue weighted by molar-refractivity contribution is -0.364. The van der Waals surface area contributed by atoms with Crippen molar-refractivity contribution in [3.63, 3.8) is 0 Å². The summed E-state index contributed by atoms with van der Waals surface area (Å²) >= 11 is 0. The topological polar surface area (TPSA) is 57.3 Å². The largest absolute Gasteiger partial charge is 0.358 e. The summed E-state index contributed by atoms with van der Waals surface area (Å²) in [5, 5.41) is 0. The van der Waals surface area contributed by atoms with Gasteiger partial charge in [-0.05, 0) is 12.8 Å². The molecule has 3 saturated heterocycles. The maximum Gasteiger partial charge on any atom is 0.283 e. The number of ether oxygens (including phenoxy) is 4. The fourth-order valence-electron chi connectivity index (χ4n) is 3.61. The van der Waals surface area contributed by atoms with Crippen LogP contribution in [0.1, 0.15) is 19.8 Å². The molecule has 4 aliphatic rings. The first kappa shape index (κ1) is 10.4. The first-order valence-corrected chi connectivity index (χ1v) is 6.25. The van der Waals surface area contributed by atoms with Crippen LogP contribution in [0.4, 0.5) is 0 Å². The molecule has 17 heavy (non-hydrogen) atoms. The normalized spacial score (nSPS) is 51.1. The minimum atomic E-state index is -0.875. The van der Waals surface area contributed by atoms with E-state index in [4.69, 9.17) is 18.9 Å². The smallest absolute Gasteiger partial charge is 0.283 e. The molecule has 3 heterocycles. The molecule has 0 aromatic rings. The molecule has 5 heteroatoms. The van der Waals surface area contributed by atoms with E-state index in [1.165, 1.54) is 0 Å². The number of epoxide rings is 1. The van der Waals surface area contributed by atoms with E-state index in [0.717, 1.165) is 0 Å². The summed E-state index contributed by atoms with van der Waals surface area (Å²) in [7, 11) is 0. The summed E-state index contributed by atoms with van der Waals surface area (Å²) in [6, 6.07) is 0. The van der Waals surface area contributed by atoms with Crippen LogP contribution in [-0.4, -0.2) is 43.3 Å². The fourth-order valence-corrected chi connectivity index (χ4v) is 3.61. The van der Waals surface area contributed by atoms with Crippen LogP contribution in [-0.2, 0) is 23.7 Å². The molecule has 0 N–H and O–H groups in total. The van der Waals surface area contributed by atoms with Crippen molar-refractivity contribution < 1.29 is 23.7 Å². The van der Waals surface area contributed by atoms with Crippen molar-refractivity contribution in [3.05, 3.63) is 0 Å². The number of fused-ring (bicyclic) bond motifs is 3. The fraction of sp³-hybridized carbons (Fsp3) is 0.917. The molecule has 0 unspecified atom stereocenters. The number of rotatable bonds is 0. The number of ketones is 1. The predicted octanol–water partition coefficient (Wildman–Crippen LogP) is 0.470. The first-order chi connectivity index (χ1) is 8.13. The molecule has 1 spiro atoms. The highest BCUT2D eigenvalue weighted by atomic mass is 16.9. The quantitative estimate of drug-likeness (QED) is 0.576. The summed E-state index contributed by atoms with van der Waals surface area (Å²) in [6.45, 7) is 3.72. The second kappa shape index (κ2) is 3.09. The van der Waals surface area contributed by atoms with Gasteiger partial charge in [0.05, 0.1) is 19.8 Å². The minimum Gasteiger partial charge on any atom is -0.358 e. The Bertz CT molecular complexity index is 375. The molecule has 0 bridgehead atoms. The Hall–Kier alpha value is -0.490. The maximum absolute atomic E-state index is 11.9. The zero-order valence-corrected chi connectivity index (χ0v) is 9.81. The number of hydrogen-bond acceptors (Lipinski definition) is 5. The molecule has 1 saturated carbocycles. The molecule has 4 rings (SSSR count). The highest BCUT2D eigenvalue weighted by Crippen LogP contribution is 2.56. The van der Waals surface area contributed by atoms with E-state index >= 15 is 0 Å². The summed E-state index contributed by atoms with van der Waals surface area (Å²) in [5.74, 6) is -0.0926. The second-order valence-electron chi connectivity index (χ2n) is 5.61. The lowest BCUT2D eigenvalue weighted by Gasteiger charge is -2.43. The molecule has 0 radical (unpaired) electrons. The Kier molecular flexibility index (Phi) is 1.90. The molecule has 94 valence electrons. The Morgan fingerprint density at radius 2 is 2.00 bits per heavy atom. The number of carbonyl (C=O) groups is 1. The van der Waals surface area contributed by atoms with E-state index in [-0.39, 0.29) is 23.4 Å². The average Bonchev–Trinajstić information content (AvgIpc) is 2.81. The van der Waals surface area contributed by atoms with Crippen molar-refractivity contribution in [1.82, 2.24) is 0 Å². The molecule has 4 atom stereocenters. The van der Waals surface area contributed by atoms with Crippen LogP contribution in [0.2, 0.25) is 0 Å². The number of carbonyl (C=O) groups excluding carboxylic acids is 1. The first-order valence-electron chi connectivity index (χ1n) is 6.25. The Labute approximate surface area is 99.3 Å². The van der Waals surface area contributed by atoms with Gasteiger partial charge in [-0.3, -0.25) is 4.79 Å². The van der Waals surface area contributed by atoms with Gasteiger partial charge in [0.1, 0.15) is 11.7 Å². The van der Waals surface area contributed by atoms with Gasteiger partial charge in [-0.1, -0.05) is 0 Å². The predicted molar refractivity (Wildman–Crippen MR) is 55.1 cm³/mol. The lowest BCUT2D eigenvalue weighted by atomic mass is 9.69. The van der Waals surface area contributed by atoms with Crippen molar-refractivity contribution in [2.45, 2.75) is 37.4 Å². The third kappa shape index (κ3) is 1.31. The van der Waals surface area contributed by atoms with Gasteiger partial charge in [0.15, 0.2) is 5.78 Å². The maximum atomic E-state index is 11.9. The monoisotopic (exact) mass is 240 g/mol. The minimum absolute atomic E-state index is 0.188.